The van der Waals surface area contributed by atoms with Gasteiger partial charge in [-0.3, -0.25) is 14.2 Å². The summed E-state index contributed by atoms with van der Waals surface area (Å²) in [6.07, 6.45) is 3.10. The lowest BCUT2D eigenvalue weighted by molar-refractivity contribution is -0.113. The summed E-state index contributed by atoms with van der Waals surface area (Å²) in [5, 5.41) is 4.76. The van der Waals surface area contributed by atoms with E-state index in [0.717, 1.165) is 35.0 Å². The number of fused-ring (bicyclic) bond motifs is 3. The summed E-state index contributed by atoms with van der Waals surface area (Å²) in [7, 11) is 1.72. The SMILES string of the molecule is Cc1ccc(Cl)cc1NC(=O)CSc1nc2sc3c(c2c(=O)n1C)CCC3. The summed E-state index contributed by atoms with van der Waals surface area (Å²) in [6, 6.07) is 5.38. The summed E-state index contributed by atoms with van der Waals surface area (Å²) >= 11 is 8.87. The van der Waals surface area contributed by atoms with Crippen molar-refractivity contribution in [2.24, 2.45) is 7.05 Å². The molecule has 0 spiro atoms. The van der Waals surface area contributed by atoms with Gasteiger partial charge in [0.25, 0.3) is 5.56 Å². The van der Waals surface area contributed by atoms with E-state index in [9.17, 15) is 9.59 Å². The van der Waals surface area contributed by atoms with E-state index in [4.69, 9.17) is 11.6 Å². The molecule has 0 bridgehead atoms. The Morgan fingerprint density at radius 1 is 1.41 bits per heavy atom. The molecule has 2 heterocycles. The van der Waals surface area contributed by atoms with Crippen molar-refractivity contribution in [2.45, 2.75) is 31.3 Å². The second-order valence-corrected chi connectivity index (χ2v) is 9.05. The standard InChI is InChI=1S/C19H18ClN3O2S2/c1-10-6-7-11(20)8-13(10)21-15(24)9-26-19-22-17-16(18(25)23(19)2)12-4-3-5-14(12)27-17/h6-8H,3-5,9H2,1-2H3,(H,21,24). The van der Waals surface area contributed by atoms with Gasteiger partial charge in [0, 0.05) is 22.6 Å². The monoisotopic (exact) mass is 419 g/mol. The maximum absolute atomic E-state index is 12.8. The third-order valence-corrected chi connectivity index (χ3v) is 7.16. The average Bonchev–Trinajstić information content (AvgIpc) is 3.20. The van der Waals surface area contributed by atoms with Crippen molar-refractivity contribution in [2.75, 3.05) is 11.1 Å². The molecule has 2 aromatic heterocycles. The van der Waals surface area contributed by atoms with Gasteiger partial charge in [-0.2, -0.15) is 0 Å². The lowest BCUT2D eigenvalue weighted by Crippen LogP contribution is -2.21. The Morgan fingerprint density at radius 3 is 3.04 bits per heavy atom. The second kappa shape index (κ2) is 7.30. The Labute approximate surface area is 169 Å². The Morgan fingerprint density at radius 2 is 2.22 bits per heavy atom. The minimum absolute atomic E-state index is 0.0204. The van der Waals surface area contributed by atoms with E-state index >= 15 is 0 Å². The number of amides is 1. The van der Waals surface area contributed by atoms with E-state index in [-0.39, 0.29) is 17.2 Å². The number of carbonyl (C=O) groups excluding carboxylic acids is 1. The molecule has 4 rings (SSSR count). The fourth-order valence-electron chi connectivity index (χ4n) is 3.28. The molecule has 0 atom stereocenters. The molecule has 0 radical (unpaired) electrons. The molecule has 8 heteroatoms. The van der Waals surface area contributed by atoms with Crippen LogP contribution in [0.2, 0.25) is 5.02 Å². The molecule has 0 saturated heterocycles. The van der Waals surface area contributed by atoms with Crippen LogP contribution < -0.4 is 10.9 Å². The highest BCUT2D eigenvalue weighted by Crippen LogP contribution is 2.35. The van der Waals surface area contributed by atoms with Crippen molar-refractivity contribution in [1.82, 2.24) is 9.55 Å². The highest BCUT2D eigenvalue weighted by atomic mass is 35.5. The first-order chi connectivity index (χ1) is 12.9. The van der Waals surface area contributed by atoms with E-state index < -0.39 is 0 Å². The normalized spacial score (nSPS) is 13.1. The van der Waals surface area contributed by atoms with Gasteiger partial charge in [-0.25, -0.2) is 4.98 Å². The molecule has 1 aliphatic rings. The number of anilines is 1. The van der Waals surface area contributed by atoms with Gasteiger partial charge in [0.1, 0.15) is 4.83 Å². The van der Waals surface area contributed by atoms with Gasteiger partial charge < -0.3 is 5.32 Å². The van der Waals surface area contributed by atoms with Crippen LogP contribution in [0.25, 0.3) is 10.2 Å². The molecule has 27 heavy (non-hydrogen) atoms. The van der Waals surface area contributed by atoms with E-state index in [0.29, 0.717) is 15.9 Å². The van der Waals surface area contributed by atoms with Gasteiger partial charge in [0.2, 0.25) is 5.91 Å². The van der Waals surface area contributed by atoms with Crippen molar-refractivity contribution in [1.29, 1.82) is 0 Å². The predicted molar refractivity (Wildman–Crippen MR) is 112 cm³/mol. The summed E-state index contributed by atoms with van der Waals surface area (Å²) in [5.74, 6) is 0.0106. The van der Waals surface area contributed by atoms with E-state index in [1.165, 1.54) is 22.2 Å². The lowest BCUT2D eigenvalue weighted by atomic mass is 10.2. The fraction of sp³-hybridized carbons (Fsp3) is 0.316. The largest absolute Gasteiger partial charge is 0.325 e. The number of hydrogen-bond donors (Lipinski definition) is 1. The van der Waals surface area contributed by atoms with Crippen molar-refractivity contribution in [3.63, 3.8) is 0 Å². The minimum atomic E-state index is -0.159. The van der Waals surface area contributed by atoms with Crippen LogP contribution in [0.3, 0.4) is 0 Å². The molecule has 140 valence electrons. The predicted octanol–water partition coefficient (Wildman–Crippen LogP) is 4.18. The first-order valence-corrected chi connectivity index (χ1v) is 10.8. The van der Waals surface area contributed by atoms with Gasteiger partial charge in [-0.15, -0.1) is 11.3 Å². The van der Waals surface area contributed by atoms with Crippen molar-refractivity contribution in [3.05, 3.63) is 49.6 Å². The van der Waals surface area contributed by atoms with E-state index in [1.54, 1.807) is 35.1 Å². The highest BCUT2D eigenvalue weighted by Gasteiger charge is 2.22. The molecule has 1 N–H and O–H groups in total. The lowest BCUT2D eigenvalue weighted by Gasteiger charge is -2.10. The van der Waals surface area contributed by atoms with Crippen LogP contribution in [0.4, 0.5) is 5.69 Å². The number of rotatable bonds is 4. The summed E-state index contributed by atoms with van der Waals surface area (Å²) in [6.45, 7) is 1.91. The Kier molecular flexibility index (Phi) is 5.01. The first kappa shape index (κ1) is 18.5. The summed E-state index contributed by atoms with van der Waals surface area (Å²) in [5.41, 5.74) is 2.79. The number of halogens is 1. The molecular formula is C19H18ClN3O2S2. The molecule has 0 fully saturated rings. The number of aromatic nitrogens is 2. The van der Waals surface area contributed by atoms with Crippen LogP contribution in [0.1, 0.15) is 22.4 Å². The molecule has 1 aromatic carbocycles. The van der Waals surface area contributed by atoms with Gasteiger partial charge in [0.15, 0.2) is 5.16 Å². The average molecular weight is 420 g/mol. The minimum Gasteiger partial charge on any atom is -0.325 e. The zero-order valence-corrected chi connectivity index (χ0v) is 17.4. The number of benzene rings is 1. The maximum Gasteiger partial charge on any atom is 0.262 e. The van der Waals surface area contributed by atoms with Crippen LogP contribution in [0.15, 0.2) is 28.2 Å². The number of nitrogens with one attached hydrogen (secondary N) is 1. The Hall–Kier alpha value is -1.83. The van der Waals surface area contributed by atoms with Crippen LogP contribution in [-0.4, -0.2) is 21.2 Å². The smallest absolute Gasteiger partial charge is 0.262 e. The number of thioether (sulfide) groups is 1. The number of hydrogen-bond acceptors (Lipinski definition) is 5. The number of carbonyl (C=O) groups is 1. The third-order valence-electron chi connectivity index (χ3n) is 4.71. The molecule has 0 saturated carbocycles. The van der Waals surface area contributed by atoms with Gasteiger partial charge in [0.05, 0.1) is 11.1 Å². The molecule has 1 amide bonds. The molecule has 1 aliphatic carbocycles. The van der Waals surface area contributed by atoms with Crippen LogP contribution >= 0.6 is 34.7 Å². The number of nitrogens with zero attached hydrogens (tertiary/aromatic N) is 2. The zero-order valence-electron chi connectivity index (χ0n) is 15.0. The molecular weight excluding hydrogens is 402 g/mol. The zero-order chi connectivity index (χ0) is 19.1. The van der Waals surface area contributed by atoms with Gasteiger partial charge in [-0.1, -0.05) is 29.4 Å². The molecule has 0 unspecified atom stereocenters. The van der Waals surface area contributed by atoms with Crippen LogP contribution in [-0.2, 0) is 24.7 Å². The molecule has 0 aliphatic heterocycles. The van der Waals surface area contributed by atoms with Crippen molar-refractivity contribution < 1.29 is 4.79 Å². The van der Waals surface area contributed by atoms with Gasteiger partial charge in [-0.05, 0) is 49.4 Å². The third kappa shape index (κ3) is 3.51. The number of thiophene rings is 1. The van der Waals surface area contributed by atoms with Crippen molar-refractivity contribution in [3.8, 4) is 0 Å². The van der Waals surface area contributed by atoms with Crippen LogP contribution in [0.5, 0.6) is 0 Å². The van der Waals surface area contributed by atoms with Crippen molar-refractivity contribution >= 4 is 56.5 Å². The Balaban J connectivity index is 1.54. The molecule has 5 nitrogen and oxygen atoms in total. The quantitative estimate of drug-likeness (QED) is 0.509. The fourth-order valence-corrected chi connectivity index (χ4v) is 5.53. The molecule has 3 aromatic rings. The maximum atomic E-state index is 12.8. The first-order valence-electron chi connectivity index (χ1n) is 8.64. The second-order valence-electron chi connectivity index (χ2n) is 6.59. The Bertz CT molecular complexity index is 1120. The highest BCUT2D eigenvalue weighted by molar-refractivity contribution is 7.99. The summed E-state index contributed by atoms with van der Waals surface area (Å²) < 4.78 is 1.55. The van der Waals surface area contributed by atoms with Crippen LogP contribution in [0, 0.1) is 6.92 Å². The van der Waals surface area contributed by atoms with Gasteiger partial charge >= 0.3 is 0 Å². The van der Waals surface area contributed by atoms with E-state index in [1.807, 2.05) is 13.0 Å². The number of aryl methyl sites for hydroxylation is 3. The topological polar surface area (TPSA) is 64.0 Å². The van der Waals surface area contributed by atoms with E-state index in [2.05, 4.69) is 10.3 Å². The summed E-state index contributed by atoms with van der Waals surface area (Å²) in [4.78, 5) is 31.8.